The summed E-state index contributed by atoms with van der Waals surface area (Å²) in [5.41, 5.74) is 0.531. The maximum Gasteiger partial charge on any atom is 0.410 e. The van der Waals surface area contributed by atoms with E-state index in [1.807, 2.05) is 60.8 Å². The summed E-state index contributed by atoms with van der Waals surface area (Å²) in [6, 6.07) is 7.98. The van der Waals surface area contributed by atoms with Gasteiger partial charge in [0.25, 0.3) is 0 Å². The lowest BCUT2D eigenvalue weighted by Gasteiger charge is -2.26. The zero-order valence-corrected chi connectivity index (χ0v) is 16.4. The van der Waals surface area contributed by atoms with E-state index in [4.69, 9.17) is 4.74 Å². The van der Waals surface area contributed by atoms with Crippen LogP contribution in [0.1, 0.15) is 33.6 Å². The molecule has 0 bridgehead atoms. The zero-order valence-electron chi connectivity index (χ0n) is 16.4. The third kappa shape index (κ3) is 4.99. The highest BCUT2D eigenvalue weighted by Gasteiger charge is 2.25. The Morgan fingerprint density at radius 3 is 2.56 bits per heavy atom. The average molecular weight is 372 g/mol. The van der Waals surface area contributed by atoms with Crippen molar-refractivity contribution in [2.45, 2.75) is 45.8 Å². The number of hydrogen-bond acceptors (Lipinski definition) is 4. The quantitative estimate of drug-likeness (QED) is 0.831. The molecule has 7 nitrogen and oxygen atoms in total. The van der Waals surface area contributed by atoms with Crippen LogP contribution in [0.3, 0.4) is 0 Å². The third-order valence-corrected chi connectivity index (χ3v) is 4.59. The predicted octanol–water partition coefficient (Wildman–Crippen LogP) is 2.90. The first-order valence-electron chi connectivity index (χ1n) is 9.50. The van der Waals surface area contributed by atoms with Gasteiger partial charge in [-0.15, -0.1) is 0 Å². The van der Waals surface area contributed by atoms with Crippen LogP contribution in [0.2, 0.25) is 0 Å². The van der Waals surface area contributed by atoms with Gasteiger partial charge in [0.05, 0.1) is 18.3 Å². The van der Waals surface area contributed by atoms with Crippen molar-refractivity contribution in [1.82, 2.24) is 19.6 Å². The van der Waals surface area contributed by atoms with Crippen molar-refractivity contribution < 1.29 is 14.3 Å². The van der Waals surface area contributed by atoms with Crippen molar-refractivity contribution in [1.29, 1.82) is 0 Å². The fourth-order valence-electron chi connectivity index (χ4n) is 3.24. The Kier molecular flexibility index (Phi) is 5.68. The van der Waals surface area contributed by atoms with Crippen molar-refractivity contribution in [3.63, 3.8) is 0 Å². The molecule has 0 saturated carbocycles. The maximum atomic E-state index is 12.6. The molecule has 7 heteroatoms. The van der Waals surface area contributed by atoms with Gasteiger partial charge in [-0.2, -0.15) is 5.10 Å². The molecule has 2 aromatic rings. The first kappa shape index (κ1) is 19.2. The van der Waals surface area contributed by atoms with Gasteiger partial charge in [0.15, 0.2) is 0 Å². The second-order valence-corrected chi connectivity index (χ2v) is 7.88. The Hall–Kier alpha value is -2.57. The van der Waals surface area contributed by atoms with Crippen molar-refractivity contribution in [2.75, 3.05) is 26.2 Å². The van der Waals surface area contributed by atoms with Gasteiger partial charge >= 0.3 is 6.09 Å². The molecule has 1 saturated heterocycles. The summed E-state index contributed by atoms with van der Waals surface area (Å²) in [6.07, 6.45) is 2.68. The molecule has 0 N–H and O–H groups in total. The number of hydrogen-bond donors (Lipinski definition) is 0. The van der Waals surface area contributed by atoms with Crippen LogP contribution in [0.4, 0.5) is 4.79 Å². The van der Waals surface area contributed by atoms with E-state index in [9.17, 15) is 9.59 Å². The number of para-hydroxylation sites is 1. The van der Waals surface area contributed by atoms with E-state index in [0.717, 1.165) is 17.3 Å². The number of carbonyl (C=O) groups excluding carboxylic acids is 2. The Morgan fingerprint density at radius 2 is 1.78 bits per heavy atom. The molecule has 1 aromatic heterocycles. The summed E-state index contributed by atoms with van der Waals surface area (Å²) >= 11 is 0. The highest BCUT2D eigenvalue weighted by Crippen LogP contribution is 2.15. The van der Waals surface area contributed by atoms with Crippen molar-refractivity contribution >= 4 is 22.9 Å². The Bertz CT molecular complexity index is 809. The van der Waals surface area contributed by atoms with Gasteiger partial charge in [-0.05, 0) is 33.3 Å². The smallest absolute Gasteiger partial charge is 0.410 e. The van der Waals surface area contributed by atoms with Crippen LogP contribution >= 0.6 is 0 Å². The molecule has 146 valence electrons. The molecule has 2 heterocycles. The van der Waals surface area contributed by atoms with Crippen LogP contribution < -0.4 is 0 Å². The van der Waals surface area contributed by atoms with E-state index in [1.54, 1.807) is 4.90 Å². The number of ether oxygens (including phenoxy) is 1. The number of carbonyl (C=O) groups is 2. The second-order valence-electron chi connectivity index (χ2n) is 7.88. The fraction of sp³-hybridized carbons (Fsp3) is 0.550. The van der Waals surface area contributed by atoms with Gasteiger partial charge in [0.2, 0.25) is 5.91 Å². The minimum atomic E-state index is -0.509. The van der Waals surface area contributed by atoms with Crippen LogP contribution in [-0.4, -0.2) is 63.4 Å². The van der Waals surface area contributed by atoms with E-state index >= 15 is 0 Å². The molecule has 1 fully saturated rings. The summed E-state index contributed by atoms with van der Waals surface area (Å²) in [4.78, 5) is 28.4. The molecule has 1 aliphatic heterocycles. The topological polar surface area (TPSA) is 67.7 Å². The van der Waals surface area contributed by atoms with Crippen molar-refractivity contribution in [3.8, 4) is 0 Å². The number of fused-ring (bicyclic) bond motifs is 1. The van der Waals surface area contributed by atoms with Gasteiger partial charge in [-0.1, -0.05) is 18.2 Å². The summed E-state index contributed by atoms with van der Waals surface area (Å²) in [6.45, 7) is 8.45. The largest absolute Gasteiger partial charge is 0.444 e. The van der Waals surface area contributed by atoms with Crippen LogP contribution in [0.25, 0.3) is 10.9 Å². The first-order chi connectivity index (χ1) is 12.8. The molecule has 0 spiro atoms. The fourth-order valence-corrected chi connectivity index (χ4v) is 3.24. The summed E-state index contributed by atoms with van der Waals surface area (Å²) in [5, 5.41) is 5.45. The lowest BCUT2D eigenvalue weighted by atomic mass is 10.2. The van der Waals surface area contributed by atoms with E-state index in [2.05, 4.69) is 5.10 Å². The van der Waals surface area contributed by atoms with Crippen molar-refractivity contribution in [3.05, 3.63) is 30.5 Å². The minimum Gasteiger partial charge on any atom is -0.444 e. The molecule has 0 radical (unpaired) electrons. The monoisotopic (exact) mass is 372 g/mol. The van der Waals surface area contributed by atoms with Crippen LogP contribution in [0.5, 0.6) is 0 Å². The second kappa shape index (κ2) is 7.98. The average Bonchev–Trinajstić information content (AvgIpc) is 2.85. The lowest BCUT2D eigenvalue weighted by Crippen LogP contribution is -2.40. The van der Waals surface area contributed by atoms with Gasteiger partial charge in [-0.3, -0.25) is 9.48 Å². The SMILES string of the molecule is CC(C)(C)OC(=O)N1CCCN(C(=O)CCn2ncc3ccccc32)CC1. The first-order valence-corrected chi connectivity index (χ1v) is 9.50. The van der Waals surface area contributed by atoms with Gasteiger partial charge in [0.1, 0.15) is 5.60 Å². The molecule has 0 aliphatic carbocycles. The molecule has 3 rings (SSSR count). The molecular weight excluding hydrogens is 344 g/mol. The van der Waals surface area contributed by atoms with E-state index in [1.165, 1.54) is 0 Å². The van der Waals surface area contributed by atoms with Crippen LogP contribution in [0, 0.1) is 0 Å². The van der Waals surface area contributed by atoms with Gasteiger partial charge in [-0.25, -0.2) is 4.79 Å². The Labute approximate surface area is 159 Å². The molecule has 27 heavy (non-hydrogen) atoms. The van der Waals surface area contributed by atoms with E-state index < -0.39 is 5.60 Å². The number of aromatic nitrogens is 2. The summed E-state index contributed by atoms with van der Waals surface area (Å²) in [7, 11) is 0. The molecular formula is C20H28N4O3. The highest BCUT2D eigenvalue weighted by molar-refractivity contribution is 5.79. The molecule has 1 aliphatic rings. The summed E-state index contributed by atoms with van der Waals surface area (Å²) in [5.74, 6) is 0.0978. The van der Waals surface area contributed by atoms with Crippen LogP contribution in [-0.2, 0) is 16.1 Å². The number of aryl methyl sites for hydroxylation is 1. The molecule has 1 aromatic carbocycles. The standard InChI is InChI=1S/C20H28N4O3/c1-20(2,3)27-19(26)23-11-6-10-22(13-14-23)18(25)9-12-24-17-8-5-4-7-16(17)15-21-24/h4-5,7-8,15H,6,9-14H2,1-3H3. The van der Waals surface area contributed by atoms with Gasteiger partial charge in [0, 0.05) is 38.0 Å². The number of rotatable bonds is 3. The summed E-state index contributed by atoms with van der Waals surface area (Å²) < 4.78 is 7.31. The van der Waals surface area contributed by atoms with E-state index in [0.29, 0.717) is 39.1 Å². The van der Waals surface area contributed by atoms with Crippen LogP contribution in [0.15, 0.2) is 30.5 Å². The Balaban J connectivity index is 1.53. The Morgan fingerprint density at radius 1 is 1.07 bits per heavy atom. The van der Waals surface area contributed by atoms with Crippen molar-refractivity contribution in [2.24, 2.45) is 0 Å². The molecule has 0 unspecified atom stereocenters. The zero-order chi connectivity index (χ0) is 19.4. The number of benzene rings is 1. The minimum absolute atomic E-state index is 0.0978. The lowest BCUT2D eigenvalue weighted by molar-refractivity contribution is -0.131. The number of amides is 2. The highest BCUT2D eigenvalue weighted by atomic mass is 16.6. The predicted molar refractivity (Wildman–Crippen MR) is 103 cm³/mol. The molecule has 0 atom stereocenters. The van der Waals surface area contributed by atoms with E-state index in [-0.39, 0.29) is 12.0 Å². The molecule has 2 amide bonds. The van der Waals surface area contributed by atoms with Gasteiger partial charge < -0.3 is 14.5 Å². The normalized spacial score (nSPS) is 15.7. The maximum absolute atomic E-state index is 12.6. The third-order valence-electron chi connectivity index (χ3n) is 4.59. The number of nitrogens with zero attached hydrogens (tertiary/aromatic N) is 4.